The maximum atomic E-state index is 12.7. The predicted octanol–water partition coefficient (Wildman–Crippen LogP) is 3.43. The van der Waals surface area contributed by atoms with Gasteiger partial charge in [0.25, 0.3) is 5.91 Å². The monoisotopic (exact) mass is 374 g/mol. The first-order valence-electron chi connectivity index (χ1n) is 8.57. The molecule has 2 aromatic carbocycles. The van der Waals surface area contributed by atoms with Gasteiger partial charge in [0.15, 0.2) is 0 Å². The van der Waals surface area contributed by atoms with Crippen LogP contribution in [0.25, 0.3) is 0 Å². The van der Waals surface area contributed by atoms with Crippen molar-refractivity contribution in [3.8, 4) is 0 Å². The quantitative estimate of drug-likeness (QED) is 0.842. The summed E-state index contributed by atoms with van der Waals surface area (Å²) in [5.41, 5.74) is 3.70. The summed E-state index contributed by atoms with van der Waals surface area (Å²) in [4.78, 5) is 12.8. The Morgan fingerprint density at radius 3 is 2.38 bits per heavy atom. The van der Waals surface area contributed by atoms with Gasteiger partial charge in [0.1, 0.15) is 0 Å². The fourth-order valence-electron chi connectivity index (χ4n) is 2.87. The molecule has 1 N–H and O–H groups in total. The maximum Gasteiger partial charge on any atom is 0.251 e. The van der Waals surface area contributed by atoms with Gasteiger partial charge in [-0.15, -0.1) is 0 Å². The molecule has 1 atom stereocenters. The molecule has 0 spiro atoms. The molecule has 0 aliphatic rings. The SMILES string of the molecule is CCC(NC(=O)c1cccc(S(=O)(=O)N(C)C)c1)c1ccc(C)cc1C. The van der Waals surface area contributed by atoms with Crippen LogP contribution in [0.3, 0.4) is 0 Å². The number of carbonyl (C=O) groups is 1. The summed E-state index contributed by atoms with van der Waals surface area (Å²) in [6.45, 7) is 6.07. The molecule has 1 unspecified atom stereocenters. The second-order valence-corrected chi connectivity index (χ2v) is 8.76. The van der Waals surface area contributed by atoms with E-state index in [-0.39, 0.29) is 16.8 Å². The molecule has 0 saturated heterocycles. The van der Waals surface area contributed by atoms with Crippen molar-refractivity contribution in [1.29, 1.82) is 0 Å². The fraction of sp³-hybridized carbons (Fsp3) is 0.350. The summed E-state index contributed by atoms with van der Waals surface area (Å²) in [6.07, 6.45) is 0.741. The third-order valence-corrected chi connectivity index (χ3v) is 6.20. The molecular weight excluding hydrogens is 348 g/mol. The standard InChI is InChI=1S/C20H26N2O3S/c1-6-19(18-11-10-14(2)12-15(18)3)21-20(23)16-8-7-9-17(13-16)26(24,25)22(4)5/h7-13,19H,6H2,1-5H3,(H,21,23). The van der Waals surface area contributed by atoms with Crippen LogP contribution in [0.2, 0.25) is 0 Å². The molecule has 26 heavy (non-hydrogen) atoms. The van der Waals surface area contributed by atoms with Gasteiger partial charge in [-0.1, -0.05) is 36.8 Å². The van der Waals surface area contributed by atoms with E-state index in [0.29, 0.717) is 5.56 Å². The van der Waals surface area contributed by atoms with Crippen LogP contribution >= 0.6 is 0 Å². The number of aryl methyl sites for hydroxylation is 2. The van der Waals surface area contributed by atoms with Crippen LogP contribution in [0, 0.1) is 13.8 Å². The van der Waals surface area contributed by atoms with E-state index in [0.717, 1.165) is 21.9 Å². The molecule has 2 aromatic rings. The number of nitrogens with zero attached hydrogens (tertiary/aromatic N) is 1. The van der Waals surface area contributed by atoms with Gasteiger partial charge in [-0.25, -0.2) is 12.7 Å². The highest BCUT2D eigenvalue weighted by atomic mass is 32.2. The van der Waals surface area contributed by atoms with Crippen LogP contribution in [0.1, 0.15) is 46.4 Å². The Labute approximate surface area is 156 Å². The zero-order valence-corrected chi connectivity index (χ0v) is 16.7. The zero-order valence-electron chi connectivity index (χ0n) is 15.9. The van der Waals surface area contributed by atoms with Gasteiger partial charge < -0.3 is 5.32 Å². The van der Waals surface area contributed by atoms with Crippen LogP contribution < -0.4 is 5.32 Å². The minimum atomic E-state index is -3.58. The molecule has 0 aliphatic carbocycles. The number of hydrogen-bond acceptors (Lipinski definition) is 3. The molecular formula is C20H26N2O3S. The molecule has 0 fully saturated rings. The van der Waals surface area contributed by atoms with Crippen molar-refractivity contribution in [3.05, 3.63) is 64.7 Å². The van der Waals surface area contributed by atoms with Crippen molar-refractivity contribution in [2.45, 2.75) is 38.1 Å². The van der Waals surface area contributed by atoms with E-state index in [9.17, 15) is 13.2 Å². The highest BCUT2D eigenvalue weighted by Crippen LogP contribution is 2.23. The van der Waals surface area contributed by atoms with Crippen LogP contribution in [-0.2, 0) is 10.0 Å². The summed E-state index contributed by atoms with van der Waals surface area (Å²) in [5, 5.41) is 3.02. The van der Waals surface area contributed by atoms with Crippen LogP contribution in [-0.4, -0.2) is 32.7 Å². The first-order valence-corrected chi connectivity index (χ1v) is 10.0. The lowest BCUT2D eigenvalue weighted by Crippen LogP contribution is -2.29. The van der Waals surface area contributed by atoms with E-state index in [1.54, 1.807) is 12.1 Å². The summed E-state index contributed by atoms with van der Waals surface area (Å²) in [7, 11) is -0.642. The lowest BCUT2D eigenvalue weighted by Gasteiger charge is -2.20. The van der Waals surface area contributed by atoms with E-state index >= 15 is 0 Å². The minimum Gasteiger partial charge on any atom is -0.345 e. The Hall–Kier alpha value is -2.18. The van der Waals surface area contributed by atoms with Crippen molar-refractivity contribution in [2.24, 2.45) is 0 Å². The van der Waals surface area contributed by atoms with Gasteiger partial charge >= 0.3 is 0 Å². The van der Waals surface area contributed by atoms with Gasteiger partial charge in [-0.05, 0) is 49.6 Å². The molecule has 5 nitrogen and oxygen atoms in total. The topological polar surface area (TPSA) is 66.5 Å². The van der Waals surface area contributed by atoms with Crippen LogP contribution in [0.4, 0.5) is 0 Å². The Morgan fingerprint density at radius 1 is 1.12 bits per heavy atom. The normalized spacial score (nSPS) is 12.8. The van der Waals surface area contributed by atoms with Gasteiger partial charge in [-0.3, -0.25) is 4.79 Å². The van der Waals surface area contributed by atoms with E-state index in [2.05, 4.69) is 11.4 Å². The predicted molar refractivity (Wildman–Crippen MR) is 104 cm³/mol. The number of amides is 1. The molecule has 1 amide bonds. The highest BCUT2D eigenvalue weighted by Gasteiger charge is 2.20. The van der Waals surface area contributed by atoms with Gasteiger partial charge in [-0.2, -0.15) is 0 Å². The highest BCUT2D eigenvalue weighted by molar-refractivity contribution is 7.89. The Kier molecular flexibility index (Phi) is 6.21. The number of sulfonamides is 1. The van der Waals surface area contributed by atoms with Gasteiger partial charge in [0.05, 0.1) is 10.9 Å². The average Bonchev–Trinajstić information content (AvgIpc) is 2.60. The van der Waals surface area contributed by atoms with E-state index in [1.165, 1.54) is 31.8 Å². The second-order valence-electron chi connectivity index (χ2n) is 6.61. The molecule has 0 aliphatic heterocycles. The fourth-order valence-corrected chi connectivity index (χ4v) is 3.81. The number of rotatable bonds is 6. The molecule has 2 rings (SSSR count). The second kappa shape index (κ2) is 8.01. The van der Waals surface area contributed by atoms with E-state index in [4.69, 9.17) is 0 Å². The Bertz CT molecular complexity index is 905. The van der Waals surface area contributed by atoms with Crippen LogP contribution in [0.5, 0.6) is 0 Å². The molecule has 6 heteroatoms. The van der Waals surface area contributed by atoms with Crippen molar-refractivity contribution < 1.29 is 13.2 Å². The number of nitrogens with one attached hydrogen (secondary N) is 1. The molecule has 0 aromatic heterocycles. The first-order chi connectivity index (χ1) is 12.2. The van der Waals surface area contributed by atoms with Crippen molar-refractivity contribution in [3.63, 3.8) is 0 Å². The van der Waals surface area contributed by atoms with Crippen LogP contribution in [0.15, 0.2) is 47.4 Å². The number of carbonyl (C=O) groups excluding carboxylic acids is 1. The van der Waals surface area contributed by atoms with Crippen molar-refractivity contribution >= 4 is 15.9 Å². The largest absolute Gasteiger partial charge is 0.345 e. The van der Waals surface area contributed by atoms with Crippen molar-refractivity contribution in [1.82, 2.24) is 9.62 Å². The van der Waals surface area contributed by atoms with E-state index in [1.807, 2.05) is 32.9 Å². The summed E-state index contributed by atoms with van der Waals surface area (Å²) >= 11 is 0. The number of benzene rings is 2. The third-order valence-electron chi connectivity index (χ3n) is 4.39. The zero-order chi connectivity index (χ0) is 19.5. The third kappa shape index (κ3) is 4.31. The van der Waals surface area contributed by atoms with Gasteiger partial charge in [0, 0.05) is 19.7 Å². The Balaban J connectivity index is 2.29. The molecule has 140 valence electrons. The molecule has 0 radical (unpaired) electrons. The Morgan fingerprint density at radius 2 is 1.81 bits per heavy atom. The minimum absolute atomic E-state index is 0.106. The van der Waals surface area contributed by atoms with Gasteiger partial charge in [0.2, 0.25) is 10.0 Å². The first kappa shape index (κ1) is 20.1. The maximum absolute atomic E-state index is 12.7. The average molecular weight is 375 g/mol. The van der Waals surface area contributed by atoms with E-state index < -0.39 is 10.0 Å². The molecule has 0 saturated carbocycles. The lowest BCUT2D eigenvalue weighted by atomic mass is 9.97. The smallest absolute Gasteiger partial charge is 0.251 e. The summed E-state index contributed by atoms with van der Waals surface area (Å²) in [6, 6.07) is 12.1. The number of hydrogen-bond donors (Lipinski definition) is 1. The summed E-state index contributed by atoms with van der Waals surface area (Å²) < 4.78 is 25.7. The van der Waals surface area contributed by atoms with Crippen molar-refractivity contribution in [2.75, 3.05) is 14.1 Å². The lowest BCUT2D eigenvalue weighted by molar-refractivity contribution is 0.0935. The molecule has 0 bridgehead atoms. The molecule has 0 heterocycles. The summed E-state index contributed by atoms with van der Waals surface area (Å²) in [5.74, 6) is -0.285.